The Morgan fingerprint density at radius 3 is 2.16 bits per heavy atom. The molecule has 7 nitrogen and oxygen atoms in total. The molecule has 0 radical (unpaired) electrons. The summed E-state index contributed by atoms with van der Waals surface area (Å²) in [6.07, 6.45) is 0. The van der Waals surface area contributed by atoms with Crippen LogP contribution in [0, 0.1) is 17.5 Å². The number of halogens is 3. The molecular formula is C13H11F3N2O5S2. The van der Waals surface area contributed by atoms with Crippen LogP contribution in [0.1, 0.15) is 0 Å². The van der Waals surface area contributed by atoms with Crippen molar-refractivity contribution in [1.82, 2.24) is 0 Å². The maximum absolute atomic E-state index is 13.7. The third-order valence-corrected chi connectivity index (χ3v) is 5.34. The summed E-state index contributed by atoms with van der Waals surface area (Å²) in [5.74, 6) is -5.57. The van der Waals surface area contributed by atoms with Crippen LogP contribution in [-0.2, 0) is 20.0 Å². The molecule has 0 amide bonds. The molecule has 3 N–H and O–H groups in total. The van der Waals surface area contributed by atoms with Crippen molar-refractivity contribution in [3.63, 3.8) is 0 Å². The number of sulfonamides is 2. The van der Waals surface area contributed by atoms with Crippen molar-refractivity contribution in [2.75, 3.05) is 11.8 Å². The first-order valence-electron chi connectivity index (χ1n) is 6.34. The number of ether oxygens (including phenoxy) is 1. The molecule has 0 fully saturated rings. The van der Waals surface area contributed by atoms with Crippen LogP contribution in [0.15, 0.2) is 40.1 Å². The molecule has 0 aliphatic heterocycles. The van der Waals surface area contributed by atoms with Crippen molar-refractivity contribution >= 4 is 25.7 Å². The zero-order valence-electron chi connectivity index (χ0n) is 12.5. The number of anilines is 1. The van der Waals surface area contributed by atoms with Gasteiger partial charge >= 0.3 is 0 Å². The molecule has 2 aromatic rings. The van der Waals surface area contributed by atoms with Crippen molar-refractivity contribution in [1.29, 1.82) is 0 Å². The molecule has 2 rings (SSSR count). The van der Waals surface area contributed by atoms with Crippen molar-refractivity contribution in [2.45, 2.75) is 9.79 Å². The van der Waals surface area contributed by atoms with Gasteiger partial charge in [0.1, 0.15) is 15.5 Å². The first-order valence-corrected chi connectivity index (χ1v) is 9.37. The molecular weight excluding hydrogens is 385 g/mol. The molecule has 0 spiro atoms. The Kier molecular flexibility index (Phi) is 4.97. The minimum absolute atomic E-state index is 0.149. The van der Waals surface area contributed by atoms with Gasteiger partial charge in [-0.25, -0.2) is 35.1 Å². The normalized spacial score (nSPS) is 12.0. The highest BCUT2D eigenvalue weighted by molar-refractivity contribution is 7.92. The maximum atomic E-state index is 13.7. The number of hydrogen-bond acceptors (Lipinski definition) is 5. The zero-order chi connectivity index (χ0) is 19.0. The van der Waals surface area contributed by atoms with E-state index in [1.165, 1.54) is 7.11 Å². The quantitative estimate of drug-likeness (QED) is 0.744. The number of primary sulfonamides is 1. The van der Waals surface area contributed by atoms with Crippen LogP contribution in [0.3, 0.4) is 0 Å². The van der Waals surface area contributed by atoms with Gasteiger partial charge in [-0.05, 0) is 30.3 Å². The predicted molar refractivity (Wildman–Crippen MR) is 81.5 cm³/mol. The minimum Gasteiger partial charge on any atom is -0.495 e. The third-order valence-electron chi connectivity index (χ3n) is 3.01. The first kappa shape index (κ1) is 19.0. The third kappa shape index (κ3) is 3.86. The van der Waals surface area contributed by atoms with Crippen molar-refractivity contribution in [2.24, 2.45) is 5.14 Å². The maximum Gasteiger partial charge on any atom is 0.264 e. The SMILES string of the molecule is COc1ccc(NS(=O)(=O)c2ccc(F)c(F)c2F)cc1S(N)(=O)=O. The summed E-state index contributed by atoms with van der Waals surface area (Å²) in [5, 5.41) is 5.00. The molecule has 0 aromatic heterocycles. The van der Waals surface area contributed by atoms with Crippen LogP contribution < -0.4 is 14.6 Å². The van der Waals surface area contributed by atoms with Gasteiger partial charge < -0.3 is 4.74 Å². The van der Waals surface area contributed by atoms with Crippen molar-refractivity contribution in [3.8, 4) is 5.75 Å². The lowest BCUT2D eigenvalue weighted by Crippen LogP contribution is -2.17. The fourth-order valence-corrected chi connectivity index (χ4v) is 3.73. The second kappa shape index (κ2) is 6.54. The molecule has 0 heterocycles. The van der Waals surface area contributed by atoms with E-state index in [9.17, 15) is 30.0 Å². The van der Waals surface area contributed by atoms with Crippen LogP contribution in [-0.4, -0.2) is 23.9 Å². The van der Waals surface area contributed by atoms with Gasteiger partial charge in [0.2, 0.25) is 10.0 Å². The Labute approximate surface area is 141 Å². The zero-order valence-corrected chi connectivity index (χ0v) is 14.1. The molecule has 0 bridgehead atoms. The second-order valence-corrected chi connectivity index (χ2v) is 7.87. The Hall–Kier alpha value is -2.31. The van der Waals surface area contributed by atoms with Gasteiger partial charge in [-0.2, -0.15) is 0 Å². The fourth-order valence-electron chi connectivity index (χ4n) is 1.89. The van der Waals surface area contributed by atoms with Crippen LogP contribution in [0.2, 0.25) is 0 Å². The predicted octanol–water partition coefficient (Wildman–Crippen LogP) is 1.56. The smallest absolute Gasteiger partial charge is 0.264 e. The van der Waals surface area contributed by atoms with E-state index in [1.807, 2.05) is 4.72 Å². The molecule has 0 aliphatic rings. The molecule has 0 saturated heterocycles. The van der Waals surface area contributed by atoms with E-state index in [2.05, 4.69) is 0 Å². The second-order valence-electron chi connectivity index (χ2n) is 4.69. The lowest BCUT2D eigenvalue weighted by atomic mass is 10.3. The van der Waals surface area contributed by atoms with Gasteiger partial charge in [-0.15, -0.1) is 0 Å². The van der Waals surface area contributed by atoms with E-state index >= 15 is 0 Å². The van der Waals surface area contributed by atoms with E-state index < -0.39 is 47.3 Å². The van der Waals surface area contributed by atoms with Crippen LogP contribution in [0.4, 0.5) is 18.9 Å². The van der Waals surface area contributed by atoms with Gasteiger partial charge in [-0.3, -0.25) is 4.72 Å². The summed E-state index contributed by atoms with van der Waals surface area (Å²) in [4.78, 5) is -1.68. The number of benzene rings is 2. The summed E-state index contributed by atoms with van der Waals surface area (Å²) >= 11 is 0. The molecule has 25 heavy (non-hydrogen) atoms. The highest BCUT2D eigenvalue weighted by Crippen LogP contribution is 2.28. The number of methoxy groups -OCH3 is 1. The van der Waals surface area contributed by atoms with Gasteiger partial charge in [-0.1, -0.05) is 0 Å². The number of nitrogens with two attached hydrogens (primary N) is 1. The molecule has 0 unspecified atom stereocenters. The first-order chi connectivity index (χ1) is 11.5. The Balaban J connectivity index is 2.51. The largest absolute Gasteiger partial charge is 0.495 e. The van der Waals surface area contributed by atoms with Crippen molar-refractivity contribution < 1.29 is 34.7 Å². The number of nitrogens with one attached hydrogen (secondary N) is 1. The topological polar surface area (TPSA) is 116 Å². The van der Waals surface area contributed by atoms with E-state index in [-0.39, 0.29) is 11.4 Å². The van der Waals surface area contributed by atoms with Crippen LogP contribution >= 0.6 is 0 Å². The molecule has 0 atom stereocenters. The van der Waals surface area contributed by atoms with Crippen molar-refractivity contribution in [3.05, 3.63) is 47.8 Å². The average molecular weight is 396 g/mol. The summed E-state index contributed by atoms with van der Waals surface area (Å²) in [5.41, 5.74) is -0.311. The Morgan fingerprint density at radius 1 is 0.960 bits per heavy atom. The van der Waals surface area contributed by atoms with Crippen LogP contribution in [0.25, 0.3) is 0 Å². The lowest BCUT2D eigenvalue weighted by Gasteiger charge is -2.12. The van der Waals surface area contributed by atoms with Crippen LogP contribution in [0.5, 0.6) is 5.75 Å². The minimum atomic E-state index is -4.67. The molecule has 2 aromatic carbocycles. The van der Waals surface area contributed by atoms with Gasteiger partial charge in [0.25, 0.3) is 10.0 Å². The molecule has 0 saturated carbocycles. The fraction of sp³-hybridized carbons (Fsp3) is 0.0769. The molecule has 12 heteroatoms. The van der Waals surface area contributed by atoms with Gasteiger partial charge in [0, 0.05) is 0 Å². The van der Waals surface area contributed by atoms with E-state index in [0.717, 1.165) is 18.2 Å². The monoisotopic (exact) mass is 396 g/mol. The summed E-state index contributed by atoms with van der Waals surface area (Å²) in [6.45, 7) is 0. The summed E-state index contributed by atoms with van der Waals surface area (Å²) < 4.78 is 93.8. The molecule has 136 valence electrons. The number of rotatable bonds is 5. The lowest BCUT2D eigenvalue weighted by molar-refractivity contribution is 0.403. The van der Waals surface area contributed by atoms with E-state index in [1.54, 1.807) is 0 Å². The molecule has 0 aliphatic carbocycles. The highest BCUT2D eigenvalue weighted by Gasteiger charge is 2.25. The average Bonchev–Trinajstić information content (AvgIpc) is 2.51. The van der Waals surface area contributed by atoms with E-state index in [0.29, 0.717) is 12.1 Å². The summed E-state index contributed by atoms with van der Waals surface area (Å²) in [7, 11) is -7.75. The standard InChI is InChI=1S/C13H11F3N2O5S2/c1-23-9-4-2-7(6-11(9)24(17,19)20)18-25(21,22)10-5-3-8(14)12(15)13(10)16/h2-6,18H,1H3,(H2,17,19,20). The van der Waals surface area contributed by atoms with Gasteiger partial charge in [0.05, 0.1) is 12.8 Å². The summed E-state index contributed by atoms with van der Waals surface area (Å²) in [6, 6.07) is 4.03. The van der Waals surface area contributed by atoms with E-state index in [4.69, 9.17) is 9.88 Å². The van der Waals surface area contributed by atoms with Gasteiger partial charge in [0.15, 0.2) is 17.5 Å². The highest BCUT2D eigenvalue weighted by atomic mass is 32.2. The Morgan fingerprint density at radius 2 is 1.60 bits per heavy atom. The number of hydrogen-bond donors (Lipinski definition) is 2. The Bertz CT molecular complexity index is 1040.